The van der Waals surface area contributed by atoms with Crippen molar-refractivity contribution in [3.05, 3.63) is 0 Å². The Hall–Kier alpha value is -0.610. The van der Waals surface area contributed by atoms with Crippen LogP contribution < -0.4 is 11.1 Å². The molecule has 2 atom stereocenters. The van der Waals surface area contributed by atoms with E-state index in [2.05, 4.69) is 12.2 Å². The molecule has 2 saturated carbocycles. The molecule has 0 aromatic carbocycles. The van der Waals surface area contributed by atoms with Gasteiger partial charge in [0.05, 0.1) is 6.10 Å². The van der Waals surface area contributed by atoms with Crippen LogP contribution in [0.4, 0.5) is 0 Å². The molecule has 0 aromatic heterocycles. The van der Waals surface area contributed by atoms with Gasteiger partial charge < -0.3 is 15.8 Å². The van der Waals surface area contributed by atoms with Crippen LogP contribution in [0.25, 0.3) is 0 Å². The Morgan fingerprint density at radius 1 is 1.24 bits per heavy atom. The maximum atomic E-state index is 12.0. The topological polar surface area (TPSA) is 64.3 Å². The van der Waals surface area contributed by atoms with E-state index in [1.165, 1.54) is 32.1 Å². The highest BCUT2D eigenvalue weighted by Crippen LogP contribution is 2.38. The van der Waals surface area contributed by atoms with Crippen molar-refractivity contribution in [2.24, 2.45) is 11.7 Å². The largest absolute Gasteiger partial charge is 0.378 e. The summed E-state index contributed by atoms with van der Waals surface area (Å²) in [6, 6.07) is 0. The SMILES string of the molecule is CCCNC1(C(N)=O)CCCC1CCOC1CCCCC1. The van der Waals surface area contributed by atoms with Crippen LogP contribution in [-0.4, -0.2) is 30.7 Å². The van der Waals surface area contributed by atoms with Crippen LogP contribution in [-0.2, 0) is 9.53 Å². The van der Waals surface area contributed by atoms with Crippen LogP contribution in [0, 0.1) is 5.92 Å². The van der Waals surface area contributed by atoms with Crippen molar-refractivity contribution in [2.45, 2.75) is 82.8 Å². The predicted molar refractivity (Wildman–Crippen MR) is 85.0 cm³/mol. The fraction of sp³-hybridized carbons (Fsp3) is 0.941. The first-order valence-electron chi connectivity index (χ1n) is 8.85. The number of carbonyl (C=O) groups excluding carboxylic acids is 1. The molecule has 4 heteroatoms. The maximum absolute atomic E-state index is 12.0. The van der Waals surface area contributed by atoms with E-state index in [0.29, 0.717) is 12.0 Å². The van der Waals surface area contributed by atoms with Gasteiger partial charge in [-0.15, -0.1) is 0 Å². The molecule has 0 aliphatic heterocycles. The zero-order chi connectivity index (χ0) is 15.1. The van der Waals surface area contributed by atoms with Gasteiger partial charge in [0.1, 0.15) is 5.54 Å². The predicted octanol–water partition coefficient (Wildman–Crippen LogP) is 2.75. The summed E-state index contributed by atoms with van der Waals surface area (Å²) < 4.78 is 6.04. The average molecular weight is 296 g/mol. The van der Waals surface area contributed by atoms with Crippen molar-refractivity contribution < 1.29 is 9.53 Å². The molecule has 2 aliphatic rings. The molecule has 1 amide bonds. The quantitative estimate of drug-likeness (QED) is 0.724. The van der Waals surface area contributed by atoms with Crippen LogP contribution in [0.15, 0.2) is 0 Å². The molecule has 0 heterocycles. The standard InChI is InChI=1S/C17H32N2O2/c1-2-12-19-17(16(18)20)11-6-7-14(17)10-13-21-15-8-4-3-5-9-15/h14-15,19H,2-13H2,1H3,(H2,18,20). The Kier molecular flexibility index (Phi) is 6.49. The zero-order valence-electron chi connectivity index (χ0n) is 13.5. The maximum Gasteiger partial charge on any atom is 0.238 e. The highest BCUT2D eigenvalue weighted by molar-refractivity contribution is 5.85. The molecule has 0 aromatic rings. The lowest BCUT2D eigenvalue weighted by Crippen LogP contribution is -2.58. The fourth-order valence-corrected chi connectivity index (χ4v) is 4.07. The average Bonchev–Trinajstić information content (AvgIpc) is 2.90. The Bertz CT molecular complexity index is 329. The summed E-state index contributed by atoms with van der Waals surface area (Å²) in [6.07, 6.45) is 11.9. The Morgan fingerprint density at radius 3 is 2.67 bits per heavy atom. The fourth-order valence-electron chi connectivity index (χ4n) is 4.07. The number of hydrogen-bond donors (Lipinski definition) is 2. The van der Waals surface area contributed by atoms with Gasteiger partial charge in [0.25, 0.3) is 0 Å². The van der Waals surface area contributed by atoms with Crippen molar-refractivity contribution in [2.75, 3.05) is 13.2 Å². The van der Waals surface area contributed by atoms with Gasteiger partial charge in [-0.25, -0.2) is 0 Å². The van der Waals surface area contributed by atoms with Crippen molar-refractivity contribution in [3.8, 4) is 0 Å². The molecule has 122 valence electrons. The van der Waals surface area contributed by atoms with Crippen molar-refractivity contribution in [3.63, 3.8) is 0 Å². The van der Waals surface area contributed by atoms with Crippen molar-refractivity contribution in [1.82, 2.24) is 5.32 Å². The molecular weight excluding hydrogens is 264 g/mol. The molecule has 2 rings (SSSR count). The smallest absolute Gasteiger partial charge is 0.238 e. The number of nitrogens with two attached hydrogens (primary N) is 1. The molecule has 0 bridgehead atoms. The van der Waals surface area contributed by atoms with Gasteiger partial charge in [-0.05, 0) is 51.0 Å². The van der Waals surface area contributed by atoms with Gasteiger partial charge in [0, 0.05) is 6.61 Å². The molecule has 0 saturated heterocycles. The van der Waals surface area contributed by atoms with Crippen LogP contribution in [0.2, 0.25) is 0 Å². The molecular formula is C17H32N2O2. The first-order chi connectivity index (χ1) is 10.2. The number of hydrogen-bond acceptors (Lipinski definition) is 3. The number of carbonyl (C=O) groups is 1. The summed E-state index contributed by atoms with van der Waals surface area (Å²) in [5.41, 5.74) is 5.26. The minimum Gasteiger partial charge on any atom is -0.378 e. The monoisotopic (exact) mass is 296 g/mol. The summed E-state index contributed by atoms with van der Waals surface area (Å²) in [7, 11) is 0. The third-order valence-electron chi connectivity index (χ3n) is 5.32. The molecule has 4 nitrogen and oxygen atoms in total. The number of nitrogens with one attached hydrogen (secondary N) is 1. The molecule has 0 radical (unpaired) electrons. The first-order valence-corrected chi connectivity index (χ1v) is 8.85. The Balaban J connectivity index is 1.83. The molecule has 21 heavy (non-hydrogen) atoms. The second-order valence-electron chi connectivity index (χ2n) is 6.77. The summed E-state index contributed by atoms with van der Waals surface area (Å²) in [5.74, 6) is 0.168. The second-order valence-corrected chi connectivity index (χ2v) is 6.77. The summed E-state index contributed by atoms with van der Waals surface area (Å²) in [6.45, 7) is 3.76. The van der Waals surface area contributed by atoms with Crippen LogP contribution in [0.5, 0.6) is 0 Å². The van der Waals surface area contributed by atoms with Crippen LogP contribution in [0.1, 0.15) is 71.1 Å². The lowest BCUT2D eigenvalue weighted by Gasteiger charge is -2.34. The summed E-state index contributed by atoms with van der Waals surface area (Å²) >= 11 is 0. The highest BCUT2D eigenvalue weighted by Gasteiger charge is 2.46. The highest BCUT2D eigenvalue weighted by atomic mass is 16.5. The summed E-state index contributed by atoms with van der Waals surface area (Å²) in [5, 5.41) is 3.45. The van der Waals surface area contributed by atoms with Crippen LogP contribution >= 0.6 is 0 Å². The van der Waals surface area contributed by atoms with E-state index in [4.69, 9.17) is 10.5 Å². The molecule has 2 aliphatic carbocycles. The van der Waals surface area contributed by atoms with Crippen molar-refractivity contribution in [1.29, 1.82) is 0 Å². The van der Waals surface area contributed by atoms with E-state index in [9.17, 15) is 4.79 Å². The van der Waals surface area contributed by atoms with Gasteiger partial charge in [-0.3, -0.25) is 4.79 Å². The van der Waals surface area contributed by atoms with Gasteiger partial charge in [-0.1, -0.05) is 32.6 Å². The van der Waals surface area contributed by atoms with Gasteiger partial charge >= 0.3 is 0 Å². The number of primary amides is 1. The minimum absolute atomic E-state index is 0.170. The van der Waals surface area contributed by atoms with E-state index in [0.717, 1.165) is 45.3 Å². The molecule has 3 N–H and O–H groups in total. The minimum atomic E-state index is -0.480. The van der Waals surface area contributed by atoms with E-state index < -0.39 is 5.54 Å². The Labute approximate surface area is 129 Å². The van der Waals surface area contributed by atoms with Gasteiger partial charge in [0.2, 0.25) is 5.91 Å². The van der Waals surface area contributed by atoms with E-state index in [1.54, 1.807) is 0 Å². The second kappa shape index (κ2) is 8.14. The van der Waals surface area contributed by atoms with Crippen molar-refractivity contribution >= 4 is 5.91 Å². The Morgan fingerprint density at radius 2 is 2.00 bits per heavy atom. The van der Waals surface area contributed by atoms with Gasteiger partial charge in [0.15, 0.2) is 0 Å². The molecule has 0 spiro atoms. The molecule has 2 unspecified atom stereocenters. The summed E-state index contributed by atoms with van der Waals surface area (Å²) in [4.78, 5) is 12.0. The van der Waals surface area contributed by atoms with E-state index >= 15 is 0 Å². The van der Waals surface area contributed by atoms with E-state index in [1.807, 2.05) is 0 Å². The lowest BCUT2D eigenvalue weighted by molar-refractivity contribution is -0.126. The first kappa shape index (κ1) is 16.8. The third-order valence-corrected chi connectivity index (χ3v) is 5.32. The zero-order valence-corrected chi connectivity index (χ0v) is 13.5. The normalized spacial score (nSPS) is 30.6. The lowest BCUT2D eigenvalue weighted by atomic mass is 9.84. The number of rotatable bonds is 8. The number of amides is 1. The van der Waals surface area contributed by atoms with Crippen LogP contribution in [0.3, 0.4) is 0 Å². The number of ether oxygens (including phenoxy) is 1. The molecule has 2 fully saturated rings. The third kappa shape index (κ3) is 4.19. The van der Waals surface area contributed by atoms with Gasteiger partial charge in [-0.2, -0.15) is 0 Å². The van der Waals surface area contributed by atoms with E-state index in [-0.39, 0.29) is 5.91 Å².